The van der Waals surface area contributed by atoms with Crippen molar-refractivity contribution in [1.82, 2.24) is 9.88 Å². The molecule has 2 aromatic carbocycles. The molecule has 2 nitrogen and oxygen atoms in total. The highest BCUT2D eigenvalue weighted by Gasteiger charge is 2.50. The van der Waals surface area contributed by atoms with Crippen molar-refractivity contribution in [3.63, 3.8) is 0 Å². The molecule has 2 heterocycles. The number of halogens is 1. The summed E-state index contributed by atoms with van der Waals surface area (Å²) in [5.74, 6) is -0.0988. The van der Waals surface area contributed by atoms with E-state index >= 15 is 0 Å². The lowest BCUT2D eigenvalue weighted by molar-refractivity contribution is -0.0220. The lowest BCUT2D eigenvalue weighted by Crippen LogP contribution is -2.56. The van der Waals surface area contributed by atoms with Crippen LogP contribution in [-0.2, 0) is 17.4 Å². The van der Waals surface area contributed by atoms with E-state index in [4.69, 9.17) is 0 Å². The molecule has 2 aliphatic carbocycles. The molecule has 1 N–H and O–H groups in total. The van der Waals surface area contributed by atoms with Gasteiger partial charge in [-0.3, -0.25) is 4.90 Å². The summed E-state index contributed by atoms with van der Waals surface area (Å²) in [5.41, 5.74) is 5.86. The number of aromatic nitrogens is 1. The number of aromatic amines is 1. The predicted octanol–water partition coefficient (Wildman–Crippen LogP) is 6.06. The number of benzene rings is 2. The van der Waals surface area contributed by atoms with Gasteiger partial charge in [-0.05, 0) is 80.7 Å². The highest BCUT2D eigenvalue weighted by atomic mass is 19.1. The Morgan fingerprint density at radius 1 is 0.862 bits per heavy atom. The van der Waals surface area contributed by atoms with Crippen molar-refractivity contribution in [3.05, 3.63) is 71.2 Å². The van der Waals surface area contributed by atoms with Crippen molar-refractivity contribution < 1.29 is 4.39 Å². The monoisotopic (exact) mass is 388 g/mol. The summed E-state index contributed by atoms with van der Waals surface area (Å²) >= 11 is 0. The average Bonchev–Trinajstić information content (AvgIpc) is 3.09. The Kier molecular flexibility index (Phi) is 3.93. The minimum atomic E-state index is -0.0988. The molecule has 3 aromatic rings. The summed E-state index contributed by atoms with van der Waals surface area (Å²) in [6.45, 7) is 2.31. The molecule has 0 unspecified atom stereocenters. The Bertz CT molecular complexity index is 1050. The molecule has 0 atom stereocenters. The number of fused-ring (bicyclic) bond motifs is 4. The second kappa shape index (κ2) is 6.43. The van der Waals surface area contributed by atoms with Crippen LogP contribution in [0.1, 0.15) is 61.8 Å². The molecule has 0 bridgehead atoms. The first-order valence-electron chi connectivity index (χ1n) is 11.3. The van der Waals surface area contributed by atoms with Crippen LogP contribution in [0.3, 0.4) is 0 Å². The van der Waals surface area contributed by atoms with Crippen molar-refractivity contribution in [1.29, 1.82) is 0 Å². The first kappa shape index (κ1) is 17.7. The first-order valence-corrected chi connectivity index (χ1v) is 11.3. The van der Waals surface area contributed by atoms with Crippen LogP contribution < -0.4 is 0 Å². The van der Waals surface area contributed by atoms with Crippen LogP contribution in [0.15, 0.2) is 48.5 Å². The molecule has 1 aromatic heterocycles. The fourth-order valence-corrected chi connectivity index (χ4v) is 6.59. The van der Waals surface area contributed by atoms with Gasteiger partial charge in [0, 0.05) is 40.6 Å². The van der Waals surface area contributed by atoms with E-state index in [2.05, 4.69) is 40.2 Å². The largest absolute Gasteiger partial charge is 0.358 e. The topological polar surface area (TPSA) is 19.0 Å². The SMILES string of the molecule is Fc1cccc(C2(N3CCC3)CCC3(CCCc4c3[nH]c3ccccc43)CC2)c1. The molecule has 6 rings (SSSR count). The number of H-pyrrole nitrogens is 1. The Balaban J connectivity index is 1.39. The zero-order valence-electron chi connectivity index (χ0n) is 17.0. The molecule has 3 heteroatoms. The molecule has 1 spiro atoms. The van der Waals surface area contributed by atoms with Gasteiger partial charge in [-0.25, -0.2) is 4.39 Å². The van der Waals surface area contributed by atoms with Gasteiger partial charge in [0.15, 0.2) is 0 Å². The Labute approximate surface area is 172 Å². The molecule has 29 heavy (non-hydrogen) atoms. The van der Waals surface area contributed by atoms with Gasteiger partial charge in [0.25, 0.3) is 0 Å². The molecular formula is C26H29FN2. The van der Waals surface area contributed by atoms with Crippen molar-refractivity contribution in [2.75, 3.05) is 13.1 Å². The van der Waals surface area contributed by atoms with Gasteiger partial charge in [0.05, 0.1) is 0 Å². The number of para-hydroxylation sites is 1. The minimum absolute atomic E-state index is 0.0230. The Morgan fingerprint density at radius 3 is 2.45 bits per heavy atom. The van der Waals surface area contributed by atoms with Crippen molar-refractivity contribution in [3.8, 4) is 0 Å². The number of nitrogens with one attached hydrogen (secondary N) is 1. The van der Waals surface area contributed by atoms with Crippen LogP contribution in [0.2, 0.25) is 0 Å². The normalized spacial score (nSPS) is 29.7. The lowest BCUT2D eigenvalue weighted by Gasteiger charge is -2.55. The minimum Gasteiger partial charge on any atom is -0.358 e. The molecule has 1 aliphatic heterocycles. The summed E-state index contributed by atoms with van der Waals surface area (Å²) in [4.78, 5) is 6.46. The highest BCUT2D eigenvalue weighted by Crippen LogP contribution is 2.55. The standard InChI is InChI=1S/C26H29FN2/c27-20-7-3-6-19(18-20)26(29-16-5-17-29)14-12-25(13-15-26)11-4-9-22-21-8-1-2-10-23(21)28-24(22)25/h1-3,6-8,10,18,28H,4-5,9,11-17H2. The number of aryl methyl sites for hydroxylation is 1. The molecule has 0 amide bonds. The van der Waals surface area contributed by atoms with E-state index in [-0.39, 0.29) is 16.8 Å². The summed E-state index contributed by atoms with van der Waals surface area (Å²) in [7, 11) is 0. The van der Waals surface area contributed by atoms with Gasteiger partial charge in [-0.1, -0.05) is 30.3 Å². The van der Waals surface area contributed by atoms with E-state index in [1.807, 2.05) is 6.07 Å². The van der Waals surface area contributed by atoms with Gasteiger partial charge < -0.3 is 4.98 Å². The highest BCUT2D eigenvalue weighted by molar-refractivity contribution is 5.85. The fourth-order valence-electron chi connectivity index (χ4n) is 6.59. The number of rotatable bonds is 2. The number of likely N-dealkylation sites (tertiary alicyclic amines) is 1. The van der Waals surface area contributed by atoms with Crippen LogP contribution >= 0.6 is 0 Å². The van der Waals surface area contributed by atoms with Crippen LogP contribution in [0.25, 0.3) is 10.9 Å². The smallest absolute Gasteiger partial charge is 0.123 e. The average molecular weight is 389 g/mol. The maximum atomic E-state index is 14.1. The van der Waals surface area contributed by atoms with Gasteiger partial charge in [0.2, 0.25) is 0 Å². The van der Waals surface area contributed by atoms with Gasteiger partial charge in [-0.2, -0.15) is 0 Å². The third kappa shape index (κ3) is 2.56. The molecule has 1 saturated heterocycles. The van der Waals surface area contributed by atoms with Crippen LogP contribution in [0.5, 0.6) is 0 Å². The number of nitrogens with zero attached hydrogens (tertiary/aromatic N) is 1. The molecule has 2 fully saturated rings. The van der Waals surface area contributed by atoms with Gasteiger partial charge in [-0.15, -0.1) is 0 Å². The van der Waals surface area contributed by atoms with E-state index in [0.29, 0.717) is 0 Å². The molecule has 150 valence electrons. The van der Waals surface area contributed by atoms with Crippen molar-refractivity contribution in [2.45, 2.75) is 62.3 Å². The Morgan fingerprint density at radius 2 is 1.69 bits per heavy atom. The first-order chi connectivity index (χ1) is 14.2. The van der Waals surface area contributed by atoms with Gasteiger partial charge >= 0.3 is 0 Å². The lowest BCUT2D eigenvalue weighted by atomic mass is 9.59. The quantitative estimate of drug-likeness (QED) is 0.566. The van der Waals surface area contributed by atoms with Crippen LogP contribution in [0.4, 0.5) is 4.39 Å². The summed E-state index contributed by atoms with van der Waals surface area (Å²) < 4.78 is 14.1. The summed E-state index contributed by atoms with van der Waals surface area (Å²) in [6, 6.07) is 16.2. The molecule has 1 saturated carbocycles. The maximum Gasteiger partial charge on any atom is 0.123 e. The zero-order valence-corrected chi connectivity index (χ0v) is 17.0. The predicted molar refractivity (Wildman–Crippen MR) is 116 cm³/mol. The van der Waals surface area contributed by atoms with E-state index in [1.165, 1.54) is 60.7 Å². The van der Waals surface area contributed by atoms with E-state index in [0.717, 1.165) is 25.9 Å². The van der Waals surface area contributed by atoms with E-state index in [9.17, 15) is 4.39 Å². The van der Waals surface area contributed by atoms with Crippen LogP contribution in [-0.4, -0.2) is 23.0 Å². The third-order valence-electron chi connectivity index (χ3n) is 8.28. The number of hydrogen-bond donors (Lipinski definition) is 1. The number of hydrogen-bond acceptors (Lipinski definition) is 1. The second-order valence-electron chi connectivity index (χ2n) is 9.54. The second-order valence-corrected chi connectivity index (χ2v) is 9.54. The van der Waals surface area contributed by atoms with Crippen molar-refractivity contribution >= 4 is 10.9 Å². The zero-order chi connectivity index (χ0) is 19.5. The molecular weight excluding hydrogens is 359 g/mol. The fraction of sp³-hybridized carbons (Fsp3) is 0.462. The Hall–Kier alpha value is -2.13. The maximum absolute atomic E-state index is 14.1. The molecule has 0 radical (unpaired) electrons. The molecule has 3 aliphatic rings. The van der Waals surface area contributed by atoms with E-state index < -0.39 is 0 Å². The summed E-state index contributed by atoms with van der Waals surface area (Å²) in [5, 5.41) is 1.42. The van der Waals surface area contributed by atoms with Crippen molar-refractivity contribution in [2.24, 2.45) is 0 Å². The van der Waals surface area contributed by atoms with Crippen LogP contribution in [0, 0.1) is 5.82 Å². The third-order valence-corrected chi connectivity index (χ3v) is 8.28. The van der Waals surface area contributed by atoms with E-state index in [1.54, 1.807) is 17.7 Å². The van der Waals surface area contributed by atoms with Gasteiger partial charge in [0.1, 0.15) is 5.82 Å². The summed E-state index contributed by atoms with van der Waals surface area (Å²) in [6.07, 6.45) is 9.68.